The van der Waals surface area contributed by atoms with Crippen molar-refractivity contribution in [2.75, 3.05) is 0 Å². The van der Waals surface area contributed by atoms with Gasteiger partial charge < -0.3 is 0 Å². The van der Waals surface area contributed by atoms with Crippen LogP contribution in [0, 0.1) is 11.6 Å². The molecule has 1 aromatic heterocycles. The Morgan fingerprint density at radius 1 is 1.05 bits per heavy atom. The van der Waals surface area contributed by atoms with E-state index in [-0.39, 0.29) is 12.1 Å². The van der Waals surface area contributed by atoms with Crippen molar-refractivity contribution in [2.45, 2.75) is 11.6 Å². The van der Waals surface area contributed by atoms with Crippen LogP contribution in [0.4, 0.5) is 8.78 Å². The Balaban J connectivity index is 2.20. The molecule has 0 fully saturated rings. The van der Waals surface area contributed by atoms with Gasteiger partial charge in [0.1, 0.15) is 5.82 Å². The zero-order chi connectivity index (χ0) is 13.9. The molecule has 0 atom stereocenters. The molecule has 4 nitrogen and oxygen atoms in total. The molecular weight excluding hydrogens is 274 g/mol. The summed E-state index contributed by atoms with van der Waals surface area (Å²) in [5, 5.41) is -0.702. The highest BCUT2D eigenvalue weighted by atomic mass is 32.2. The summed E-state index contributed by atoms with van der Waals surface area (Å²) in [5.74, 6) is -1.49. The highest BCUT2D eigenvalue weighted by molar-refractivity contribution is 7.89. The monoisotopic (exact) mass is 284 g/mol. The molecule has 0 spiro atoms. The Hall–Kier alpha value is -1.86. The lowest BCUT2D eigenvalue weighted by molar-refractivity contribution is 0.542. The maximum atomic E-state index is 13.3. The number of hydrogen-bond donors (Lipinski definition) is 1. The fourth-order valence-electron chi connectivity index (χ4n) is 1.45. The van der Waals surface area contributed by atoms with Gasteiger partial charge in [0.2, 0.25) is 5.03 Å². The molecular formula is C12H10F2N2O2S. The van der Waals surface area contributed by atoms with Crippen LogP contribution in [-0.2, 0) is 16.6 Å². The summed E-state index contributed by atoms with van der Waals surface area (Å²) >= 11 is 0. The molecule has 0 saturated heterocycles. The first-order valence-corrected chi connectivity index (χ1v) is 6.82. The number of aromatic nitrogens is 1. The number of nitrogens with one attached hydrogen (secondary N) is 1. The molecule has 1 heterocycles. The fraction of sp³-hybridized carbons (Fsp3) is 0.0833. The second-order valence-electron chi connectivity index (χ2n) is 3.71. The van der Waals surface area contributed by atoms with Gasteiger partial charge in [-0.2, -0.15) is 0 Å². The van der Waals surface area contributed by atoms with Crippen LogP contribution in [0.3, 0.4) is 0 Å². The van der Waals surface area contributed by atoms with Gasteiger partial charge in [-0.25, -0.2) is 26.9 Å². The molecule has 1 aromatic carbocycles. The van der Waals surface area contributed by atoms with E-state index in [4.69, 9.17) is 0 Å². The van der Waals surface area contributed by atoms with Crippen LogP contribution in [0.15, 0.2) is 47.6 Å². The van der Waals surface area contributed by atoms with Crippen molar-refractivity contribution >= 4 is 10.0 Å². The Bertz CT molecular complexity index is 690. The van der Waals surface area contributed by atoms with Gasteiger partial charge in [0.15, 0.2) is 5.82 Å². The molecule has 19 heavy (non-hydrogen) atoms. The van der Waals surface area contributed by atoms with Gasteiger partial charge in [-0.1, -0.05) is 18.2 Å². The third-order valence-corrected chi connectivity index (χ3v) is 3.72. The first kappa shape index (κ1) is 13.6. The Labute approximate surface area is 109 Å². The van der Waals surface area contributed by atoms with Gasteiger partial charge in [0.05, 0.1) is 0 Å². The van der Waals surface area contributed by atoms with Crippen molar-refractivity contribution in [3.05, 3.63) is 59.8 Å². The predicted octanol–water partition coefficient (Wildman–Crippen LogP) is 1.84. The van der Waals surface area contributed by atoms with E-state index in [2.05, 4.69) is 9.71 Å². The second-order valence-corrected chi connectivity index (χ2v) is 5.39. The average Bonchev–Trinajstić information content (AvgIpc) is 2.38. The van der Waals surface area contributed by atoms with Crippen molar-refractivity contribution in [3.63, 3.8) is 0 Å². The lowest BCUT2D eigenvalue weighted by Crippen LogP contribution is -2.25. The van der Waals surface area contributed by atoms with E-state index in [1.807, 2.05) is 0 Å². The van der Waals surface area contributed by atoms with Crippen molar-refractivity contribution in [1.29, 1.82) is 0 Å². The third kappa shape index (κ3) is 3.12. The molecule has 0 unspecified atom stereocenters. The van der Waals surface area contributed by atoms with E-state index in [0.29, 0.717) is 0 Å². The first-order chi connectivity index (χ1) is 9.00. The lowest BCUT2D eigenvalue weighted by Gasteiger charge is -2.07. The molecule has 2 rings (SSSR count). The first-order valence-electron chi connectivity index (χ1n) is 5.34. The maximum absolute atomic E-state index is 13.3. The standard InChI is InChI=1S/C12H10F2N2O2S/c13-10-5-2-1-4-9(10)8-16-19(17,18)12-11(14)6-3-7-15-12/h1-7,16H,8H2. The maximum Gasteiger partial charge on any atom is 0.261 e. The average molecular weight is 284 g/mol. The predicted molar refractivity (Wildman–Crippen MR) is 64.6 cm³/mol. The summed E-state index contributed by atoms with van der Waals surface area (Å²) in [6, 6.07) is 7.99. The van der Waals surface area contributed by atoms with Gasteiger partial charge in [0, 0.05) is 18.3 Å². The number of halogens is 2. The van der Waals surface area contributed by atoms with Crippen LogP contribution in [0.5, 0.6) is 0 Å². The van der Waals surface area contributed by atoms with Gasteiger partial charge in [-0.3, -0.25) is 0 Å². The zero-order valence-electron chi connectivity index (χ0n) is 9.68. The molecule has 7 heteroatoms. The minimum absolute atomic E-state index is 0.169. The van der Waals surface area contributed by atoms with Crippen LogP contribution in [0.2, 0.25) is 0 Å². The molecule has 0 amide bonds. The molecule has 100 valence electrons. The van der Waals surface area contributed by atoms with E-state index < -0.39 is 26.7 Å². The molecule has 0 radical (unpaired) electrons. The number of rotatable bonds is 4. The Morgan fingerprint density at radius 3 is 2.42 bits per heavy atom. The van der Waals surface area contributed by atoms with Crippen LogP contribution in [0.1, 0.15) is 5.56 Å². The molecule has 0 aliphatic carbocycles. The summed E-state index contributed by atoms with van der Waals surface area (Å²) in [7, 11) is -4.11. The summed E-state index contributed by atoms with van der Waals surface area (Å²) in [5.41, 5.74) is 0.169. The van der Waals surface area contributed by atoms with Crippen LogP contribution < -0.4 is 4.72 Å². The minimum atomic E-state index is -4.11. The van der Waals surface area contributed by atoms with Gasteiger partial charge in [-0.05, 0) is 18.2 Å². The molecule has 0 aliphatic rings. The Kier molecular flexibility index (Phi) is 3.87. The third-order valence-electron chi connectivity index (χ3n) is 2.39. The van der Waals surface area contributed by atoms with Gasteiger partial charge >= 0.3 is 0 Å². The molecule has 1 N–H and O–H groups in total. The number of benzene rings is 1. The molecule has 2 aromatic rings. The van der Waals surface area contributed by atoms with Crippen LogP contribution in [0.25, 0.3) is 0 Å². The van der Waals surface area contributed by atoms with Gasteiger partial charge in [-0.15, -0.1) is 0 Å². The van der Waals surface area contributed by atoms with E-state index in [1.165, 1.54) is 30.5 Å². The van der Waals surface area contributed by atoms with Crippen LogP contribution >= 0.6 is 0 Å². The van der Waals surface area contributed by atoms with Crippen LogP contribution in [-0.4, -0.2) is 13.4 Å². The molecule has 0 aliphatic heterocycles. The topological polar surface area (TPSA) is 59.1 Å². The van der Waals surface area contributed by atoms with E-state index in [9.17, 15) is 17.2 Å². The normalized spacial score (nSPS) is 11.5. The number of nitrogens with zero attached hydrogens (tertiary/aromatic N) is 1. The summed E-state index contributed by atoms with van der Waals surface area (Å²) in [6.07, 6.45) is 1.17. The zero-order valence-corrected chi connectivity index (χ0v) is 10.5. The highest BCUT2D eigenvalue weighted by Crippen LogP contribution is 2.11. The van der Waals surface area contributed by atoms with Crippen molar-refractivity contribution in [2.24, 2.45) is 0 Å². The molecule has 0 bridgehead atoms. The highest BCUT2D eigenvalue weighted by Gasteiger charge is 2.20. The van der Waals surface area contributed by atoms with E-state index in [0.717, 1.165) is 6.07 Å². The van der Waals surface area contributed by atoms with Crippen molar-refractivity contribution in [1.82, 2.24) is 9.71 Å². The van der Waals surface area contributed by atoms with E-state index in [1.54, 1.807) is 6.07 Å². The summed E-state index contributed by atoms with van der Waals surface area (Å²) in [6.45, 7) is -0.273. The quantitative estimate of drug-likeness (QED) is 0.932. The SMILES string of the molecule is O=S(=O)(NCc1ccccc1F)c1ncccc1F. The van der Waals surface area contributed by atoms with Gasteiger partial charge in [0.25, 0.3) is 10.0 Å². The number of hydrogen-bond acceptors (Lipinski definition) is 3. The molecule has 0 saturated carbocycles. The van der Waals surface area contributed by atoms with E-state index >= 15 is 0 Å². The smallest absolute Gasteiger partial charge is 0.241 e. The Morgan fingerprint density at radius 2 is 1.74 bits per heavy atom. The lowest BCUT2D eigenvalue weighted by atomic mass is 10.2. The summed E-state index contributed by atoms with van der Waals surface area (Å²) < 4.78 is 52.4. The summed E-state index contributed by atoms with van der Waals surface area (Å²) in [4.78, 5) is 3.47. The second kappa shape index (κ2) is 5.41. The van der Waals surface area contributed by atoms with Crippen molar-refractivity contribution in [3.8, 4) is 0 Å². The number of sulfonamides is 1. The van der Waals surface area contributed by atoms with Crippen molar-refractivity contribution < 1.29 is 17.2 Å². The minimum Gasteiger partial charge on any atom is -0.241 e. The fourth-order valence-corrected chi connectivity index (χ4v) is 2.46. The largest absolute Gasteiger partial charge is 0.261 e. The number of pyridine rings is 1.